The first-order valence-corrected chi connectivity index (χ1v) is 10.1. The molecule has 0 radical (unpaired) electrons. The number of carbonyl (C=O) groups excluding carboxylic acids is 2. The zero-order valence-electron chi connectivity index (χ0n) is 15.6. The van der Waals surface area contributed by atoms with Crippen LogP contribution in [0.3, 0.4) is 0 Å². The molecule has 0 unspecified atom stereocenters. The largest absolute Gasteiger partial charge is 0.496 e. The van der Waals surface area contributed by atoms with E-state index >= 15 is 0 Å². The molecule has 2 aliphatic rings. The van der Waals surface area contributed by atoms with Crippen LogP contribution in [0.2, 0.25) is 0 Å². The molecule has 3 heterocycles. The van der Waals surface area contributed by atoms with Crippen molar-refractivity contribution >= 4 is 23.0 Å². The summed E-state index contributed by atoms with van der Waals surface area (Å²) in [7, 11) is 1.69. The number of Topliss-reactive ketones (excluding diaryl/α,β-unsaturated/α-hetero) is 1. The fourth-order valence-corrected chi connectivity index (χ4v) is 5.03. The maximum Gasteiger partial charge on any atom is 0.263 e. The van der Waals surface area contributed by atoms with E-state index in [0.29, 0.717) is 29.5 Å². The zero-order valence-corrected chi connectivity index (χ0v) is 16.4. The molecule has 2 aromatic rings. The van der Waals surface area contributed by atoms with Crippen LogP contribution in [0.15, 0.2) is 30.3 Å². The number of ketones is 1. The molecule has 4 rings (SSSR count). The highest BCUT2D eigenvalue weighted by atomic mass is 32.1. The number of likely N-dealkylation sites (tertiary alicyclic amines) is 1. The maximum atomic E-state index is 12.8. The minimum Gasteiger partial charge on any atom is -0.496 e. The molecule has 1 fully saturated rings. The van der Waals surface area contributed by atoms with Gasteiger partial charge in [-0.25, -0.2) is 0 Å². The second-order valence-electron chi connectivity index (χ2n) is 7.10. The molecular formula is C21H23NO4S. The first-order valence-electron chi connectivity index (χ1n) is 9.24. The lowest BCUT2D eigenvalue weighted by Crippen LogP contribution is -2.48. The lowest BCUT2D eigenvalue weighted by atomic mass is 9.78. The van der Waals surface area contributed by atoms with Crippen LogP contribution in [-0.4, -0.2) is 43.4 Å². The van der Waals surface area contributed by atoms with Crippen LogP contribution in [0, 0.1) is 0 Å². The second kappa shape index (κ2) is 7.09. The summed E-state index contributed by atoms with van der Waals surface area (Å²) in [4.78, 5) is 27.4. The van der Waals surface area contributed by atoms with E-state index in [9.17, 15) is 9.59 Å². The molecule has 1 aromatic heterocycles. The zero-order chi connectivity index (χ0) is 19.0. The summed E-state index contributed by atoms with van der Waals surface area (Å²) in [5.41, 5.74) is 2.06. The van der Waals surface area contributed by atoms with E-state index in [2.05, 4.69) is 6.07 Å². The highest BCUT2D eigenvalue weighted by Crippen LogP contribution is 2.46. The lowest BCUT2D eigenvalue weighted by molar-refractivity contribution is -0.0946. The molecule has 5 nitrogen and oxygen atoms in total. The standard InChI is InChI=1S/C21H23NO4S/c1-14(23)17-6-7-18(27-17)20(24)22-11-9-21(10-12-22)19-15(8-13-26-21)4-3-5-16(19)25-2/h3-7H,8-13H2,1-2H3. The van der Waals surface area contributed by atoms with Crippen molar-refractivity contribution in [2.24, 2.45) is 0 Å². The number of nitrogens with zero attached hydrogens (tertiary/aromatic N) is 1. The van der Waals surface area contributed by atoms with Crippen LogP contribution in [0.5, 0.6) is 5.75 Å². The number of hydrogen-bond donors (Lipinski definition) is 0. The molecule has 2 aliphatic heterocycles. The van der Waals surface area contributed by atoms with Crippen molar-refractivity contribution < 1.29 is 19.1 Å². The van der Waals surface area contributed by atoms with Crippen molar-refractivity contribution in [3.8, 4) is 5.75 Å². The summed E-state index contributed by atoms with van der Waals surface area (Å²) >= 11 is 1.27. The van der Waals surface area contributed by atoms with E-state index in [-0.39, 0.29) is 17.3 Å². The molecule has 142 valence electrons. The number of piperidine rings is 1. The van der Waals surface area contributed by atoms with Crippen molar-refractivity contribution in [1.29, 1.82) is 0 Å². The molecule has 6 heteroatoms. The molecular weight excluding hydrogens is 362 g/mol. The molecule has 0 bridgehead atoms. The fourth-order valence-electron chi connectivity index (χ4n) is 4.16. The first-order chi connectivity index (χ1) is 13.0. The van der Waals surface area contributed by atoms with Crippen molar-refractivity contribution in [3.63, 3.8) is 0 Å². The van der Waals surface area contributed by atoms with Gasteiger partial charge < -0.3 is 14.4 Å². The molecule has 1 amide bonds. The molecule has 0 aliphatic carbocycles. The fraction of sp³-hybridized carbons (Fsp3) is 0.429. The average molecular weight is 385 g/mol. The van der Waals surface area contributed by atoms with Gasteiger partial charge in [-0.3, -0.25) is 9.59 Å². The number of carbonyl (C=O) groups is 2. The summed E-state index contributed by atoms with van der Waals surface area (Å²) in [5.74, 6) is 0.866. The number of ether oxygens (including phenoxy) is 2. The Hall–Kier alpha value is -2.18. The normalized spacial score (nSPS) is 18.2. The van der Waals surface area contributed by atoms with Gasteiger partial charge in [-0.2, -0.15) is 0 Å². The van der Waals surface area contributed by atoms with Gasteiger partial charge >= 0.3 is 0 Å². The minimum absolute atomic E-state index is 0.00147. The molecule has 1 saturated heterocycles. The van der Waals surface area contributed by atoms with E-state index in [1.165, 1.54) is 23.8 Å². The van der Waals surface area contributed by atoms with E-state index in [1.807, 2.05) is 17.0 Å². The first kappa shape index (κ1) is 18.2. The van der Waals surface area contributed by atoms with Gasteiger partial charge in [0, 0.05) is 18.7 Å². The van der Waals surface area contributed by atoms with Crippen molar-refractivity contribution in [2.45, 2.75) is 31.8 Å². The van der Waals surface area contributed by atoms with Crippen molar-refractivity contribution in [3.05, 3.63) is 51.2 Å². The Kier molecular flexibility index (Phi) is 4.78. The minimum atomic E-state index is -0.378. The Balaban J connectivity index is 1.54. The third-order valence-corrected chi connectivity index (χ3v) is 6.73. The Morgan fingerprint density at radius 2 is 1.89 bits per heavy atom. The third-order valence-electron chi connectivity index (χ3n) is 5.56. The van der Waals surface area contributed by atoms with Gasteiger partial charge in [-0.15, -0.1) is 11.3 Å². The van der Waals surface area contributed by atoms with E-state index in [1.54, 1.807) is 19.2 Å². The SMILES string of the molecule is COc1cccc2c1C1(CCN(C(=O)c3ccc(C(C)=O)s3)CC1)OCC2. The Bertz CT molecular complexity index is 866. The van der Waals surface area contributed by atoms with Crippen molar-refractivity contribution in [2.75, 3.05) is 26.8 Å². The Labute approximate surface area is 162 Å². The van der Waals surface area contributed by atoms with Crippen LogP contribution in [0.25, 0.3) is 0 Å². The maximum absolute atomic E-state index is 12.8. The van der Waals surface area contributed by atoms with Crippen LogP contribution < -0.4 is 4.74 Å². The van der Waals surface area contributed by atoms with Gasteiger partial charge in [0.15, 0.2) is 5.78 Å². The average Bonchev–Trinajstić information content (AvgIpc) is 3.18. The number of thiophene rings is 1. The quantitative estimate of drug-likeness (QED) is 0.757. The molecule has 27 heavy (non-hydrogen) atoms. The van der Waals surface area contributed by atoms with Gasteiger partial charge in [0.25, 0.3) is 5.91 Å². The molecule has 0 atom stereocenters. The molecule has 0 N–H and O–H groups in total. The van der Waals surface area contributed by atoms with Gasteiger partial charge in [0.1, 0.15) is 11.4 Å². The number of fused-ring (bicyclic) bond motifs is 2. The Morgan fingerprint density at radius 3 is 2.56 bits per heavy atom. The number of amides is 1. The smallest absolute Gasteiger partial charge is 0.263 e. The van der Waals surface area contributed by atoms with E-state index in [0.717, 1.165) is 30.6 Å². The predicted molar refractivity (Wildman–Crippen MR) is 104 cm³/mol. The number of hydrogen-bond acceptors (Lipinski definition) is 5. The third kappa shape index (κ3) is 3.17. The summed E-state index contributed by atoms with van der Waals surface area (Å²) in [5, 5.41) is 0. The van der Waals surface area contributed by atoms with E-state index < -0.39 is 0 Å². The highest BCUT2D eigenvalue weighted by Gasteiger charge is 2.43. The number of methoxy groups -OCH3 is 1. The summed E-state index contributed by atoms with van der Waals surface area (Å²) in [6, 6.07) is 9.65. The second-order valence-corrected chi connectivity index (χ2v) is 8.18. The van der Waals surface area contributed by atoms with Gasteiger partial charge in [-0.05, 0) is 49.9 Å². The molecule has 0 saturated carbocycles. The van der Waals surface area contributed by atoms with Gasteiger partial charge in [-0.1, -0.05) is 12.1 Å². The van der Waals surface area contributed by atoms with Crippen LogP contribution in [-0.2, 0) is 16.8 Å². The van der Waals surface area contributed by atoms with Crippen LogP contribution in [0.4, 0.5) is 0 Å². The van der Waals surface area contributed by atoms with Gasteiger partial charge in [0.05, 0.1) is 23.5 Å². The van der Waals surface area contributed by atoms with E-state index in [4.69, 9.17) is 9.47 Å². The number of benzene rings is 1. The Morgan fingerprint density at radius 1 is 1.15 bits per heavy atom. The molecule has 1 aromatic carbocycles. The topological polar surface area (TPSA) is 55.8 Å². The molecule has 1 spiro atoms. The van der Waals surface area contributed by atoms with Crippen LogP contribution in [0.1, 0.15) is 50.2 Å². The highest BCUT2D eigenvalue weighted by molar-refractivity contribution is 7.15. The predicted octanol–water partition coefficient (Wildman–Crippen LogP) is 3.66. The summed E-state index contributed by atoms with van der Waals surface area (Å²) in [6.45, 7) is 3.48. The summed E-state index contributed by atoms with van der Waals surface area (Å²) in [6.07, 6.45) is 2.38. The van der Waals surface area contributed by atoms with Crippen molar-refractivity contribution in [1.82, 2.24) is 4.90 Å². The summed E-state index contributed by atoms with van der Waals surface area (Å²) < 4.78 is 11.9. The lowest BCUT2D eigenvalue weighted by Gasteiger charge is -2.45. The van der Waals surface area contributed by atoms with Crippen LogP contribution >= 0.6 is 11.3 Å². The number of rotatable bonds is 3. The van der Waals surface area contributed by atoms with Gasteiger partial charge in [0.2, 0.25) is 0 Å². The monoisotopic (exact) mass is 385 g/mol.